The lowest BCUT2D eigenvalue weighted by Gasteiger charge is -2.41. The van der Waals surface area contributed by atoms with Crippen molar-refractivity contribution in [2.45, 2.75) is 71.8 Å². The summed E-state index contributed by atoms with van der Waals surface area (Å²) in [7, 11) is 0. The van der Waals surface area contributed by atoms with Gasteiger partial charge in [-0.1, -0.05) is 70.5 Å². The summed E-state index contributed by atoms with van der Waals surface area (Å²) < 4.78 is 13.4. The lowest BCUT2D eigenvalue weighted by molar-refractivity contribution is -0.931. The van der Waals surface area contributed by atoms with Gasteiger partial charge in [-0.15, -0.1) is 0 Å². The molecule has 0 bridgehead atoms. The summed E-state index contributed by atoms with van der Waals surface area (Å²) in [4.78, 5) is 13.7. The van der Waals surface area contributed by atoms with Crippen LogP contribution in [-0.4, -0.2) is 42.7 Å². The molecular weight excluding hydrogens is 398 g/mol. The van der Waals surface area contributed by atoms with E-state index in [0.717, 1.165) is 85.4 Å². The third-order valence-electron chi connectivity index (χ3n) is 6.49. The van der Waals surface area contributed by atoms with Gasteiger partial charge in [-0.2, -0.15) is 0 Å². The van der Waals surface area contributed by atoms with E-state index in [2.05, 4.69) is 27.7 Å². The van der Waals surface area contributed by atoms with Gasteiger partial charge < -0.3 is 14.0 Å². The summed E-state index contributed by atoms with van der Waals surface area (Å²) in [6, 6.07) is 15.6. The summed E-state index contributed by atoms with van der Waals surface area (Å²) >= 11 is 0. The Balaban J connectivity index is 1.88. The van der Waals surface area contributed by atoms with Gasteiger partial charge in [0.1, 0.15) is 24.0 Å². The molecule has 0 fully saturated rings. The molecule has 0 amide bonds. The van der Waals surface area contributed by atoms with Crippen LogP contribution >= 0.6 is 0 Å². The third-order valence-corrected chi connectivity index (χ3v) is 6.49. The van der Waals surface area contributed by atoms with Crippen LogP contribution in [0.3, 0.4) is 0 Å². The number of para-hydroxylation sites is 2. The SMILES string of the molecule is CCCC(C[N+](CCC)(CCC)CCC)OC(=O)C1c2ccccc2Oc2ccccc21. The van der Waals surface area contributed by atoms with Crippen molar-refractivity contribution < 1.29 is 18.8 Å². The number of nitrogens with zero attached hydrogens (tertiary/aromatic N) is 1. The van der Waals surface area contributed by atoms with Crippen LogP contribution in [0.5, 0.6) is 11.5 Å². The van der Waals surface area contributed by atoms with Crippen LogP contribution in [-0.2, 0) is 9.53 Å². The maximum absolute atomic E-state index is 13.7. The molecule has 0 aromatic heterocycles. The molecule has 4 heteroatoms. The van der Waals surface area contributed by atoms with Crippen molar-refractivity contribution in [1.82, 2.24) is 0 Å². The first-order valence-electron chi connectivity index (χ1n) is 12.5. The Morgan fingerprint density at radius 3 is 1.81 bits per heavy atom. The van der Waals surface area contributed by atoms with E-state index < -0.39 is 5.92 Å². The van der Waals surface area contributed by atoms with E-state index in [0.29, 0.717) is 0 Å². The summed E-state index contributed by atoms with van der Waals surface area (Å²) in [5.74, 6) is 0.886. The molecule has 0 spiro atoms. The topological polar surface area (TPSA) is 35.5 Å². The molecule has 0 aliphatic carbocycles. The van der Waals surface area contributed by atoms with Crippen LogP contribution in [0.2, 0.25) is 0 Å². The van der Waals surface area contributed by atoms with Crippen molar-refractivity contribution in [3.8, 4) is 11.5 Å². The van der Waals surface area contributed by atoms with E-state index in [1.807, 2.05) is 48.5 Å². The highest BCUT2D eigenvalue weighted by Gasteiger charge is 2.37. The lowest BCUT2D eigenvalue weighted by atomic mass is 9.88. The fourth-order valence-corrected chi connectivity index (χ4v) is 5.37. The second kappa shape index (κ2) is 11.5. The van der Waals surface area contributed by atoms with Crippen LogP contribution in [0, 0.1) is 0 Å². The van der Waals surface area contributed by atoms with Gasteiger partial charge in [0.15, 0.2) is 6.10 Å². The van der Waals surface area contributed by atoms with E-state index >= 15 is 0 Å². The largest absolute Gasteiger partial charge is 0.457 e. The highest BCUT2D eigenvalue weighted by atomic mass is 16.5. The van der Waals surface area contributed by atoms with Crippen molar-refractivity contribution in [2.24, 2.45) is 0 Å². The van der Waals surface area contributed by atoms with Gasteiger partial charge in [0.25, 0.3) is 0 Å². The molecule has 32 heavy (non-hydrogen) atoms. The predicted molar refractivity (Wildman–Crippen MR) is 130 cm³/mol. The van der Waals surface area contributed by atoms with Crippen LogP contribution < -0.4 is 4.74 Å². The first-order valence-corrected chi connectivity index (χ1v) is 12.5. The van der Waals surface area contributed by atoms with Gasteiger partial charge in [-0.25, -0.2) is 0 Å². The molecule has 1 atom stereocenters. The molecule has 2 aromatic rings. The number of quaternary nitrogens is 1. The zero-order valence-corrected chi connectivity index (χ0v) is 20.3. The molecule has 1 aliphatic heterocycles. The normalized spacial score (nSPS) is 14.2. The van der Waals surface area contributed by atoms with Gasteiger partial charge in [0.2, 0.25) is 0 Å². The lowest BCUT2D eigenvalue weighted by Crippen LogP contribution is -2.54. The van der Waals surface area contributed by atoms with Crippen molar-refractivity contribution in [2.75, 3.05) is 26.2 Å². The molecule has 0 N–H and O–H groups in total. The van der Waals surface area contributed by atoms with E-state index in [9.17, 15) is 4.79 Å². The second-order valence-corrected chi connectivity index (χ2v) is 9.15. The van der Waals surface area contributed by atoms with Gasteiger partial charge in [0, 0.05) is 11.1 Å². The average molecular weight is 439 g/mol. The van der Waals surface area contributed by atoms with Crippen molar-refractivity contribution in [3.05, 3.63) is 59.7 Å². The van der Waals surface area contributed by atoms with Crippen LogP contribution in [0.15, 0.2) is 48.5 Å². The Bertz CT molecular complexity index is 816. The maximum atomic E-state index is 13.7. The monoisotopic (exact) mass is 438 g/mol. The Labute approximate surface area is 194 Å². The quantitative estimate of drug-likeness (QED) is 0.274. The second-order valence-electron chi connectivity index (χ2n) is 9.15. The molecule has 1 heterocycles. The molecule has 0 saturated heterocycles. The van der Waals surface area contributed by atoms with Crippen molar-refractivity contribution >= 4 is 5.97 Å². The molecule has 2 aromatic carbocycles. The Hall–Kier alpha value is -2.33. The highest BCUT2D eigenvalue weighted by Crippen LogP contribution is 2.44. The number of hydrogen-bond acceptors (Lipinski definition) is 3. The summed E-state index contributed by atoms with van der Waals surface area (Å²) in [5.41, 5.74) is 1.78. The minimum absolute atomic E-state index is 0.0701. The Kier molecular flexibility index (Phi) is 8.75. The van der Waals surface area contributed by atoms with Crippen molar-refractivity contribution in [1.29, 1.82) is 0 Å². The summed E-state index contributed by atoms with van der Waals surface area (Å²) in [6.45, 7) is 13.3. The predicted octanol–water partition coefficient (Wildman–Crippen LogP) is 6.68. The number of fused-ring (bicyclic) bond motifs is 2. The third kappa shape index (κ3) is 5.53. The molecule has 1 aliphatic rings. The number of ether oxygens (including phenoxy) is 2. The summed E-state index contributed by atoms with van der Waals surface area (Å²) in [5, 5.41) is 0. The van der Waals surface area contributed by atoms with Gasteiger partial charge in [-0.05, 0) is 37.8 Å². The number of hydrogen-bond donors (Lipinski definition) is 0. The number of carbonyl (C=O) groups excluding carboxylic acids is 1. The van der Waals surface area contributed by atoms with Crippen molar-refractivity contribution in [3.63, 3.8) is 0 Å². The van der Waals surface area contributed by atoms with Crippen LogP contribution in [0.4, 0.5) is 0 Å². The molecule has 3 rings (SSSR count). The van der Waals surface area contributed by atoms with E-state index in [1.54, 1.807) is 0 Å². The fourth-order valence-electron chi connectivity index (χ4n) is 5.37. The highest BCUT2D eigenvalue weighted by molar-refractivity contribution is 5.85. The van der Waals surface area contributed by atoms with Crippen LogP contribution in [0.25, 0.3) is 0 Å². The smallest absolute Gasteiger partial charge is 0.318 e. The fraction of sp³-hybridized carbons (Fsp3) is 0.536. The molecule has 0 saturated carbocycles. The first-order chi connectivity index (χ1) is 15.6. The number of esters is 1. The number of carbonyl (C=O) groups is 1. The van der Waals surface area contributed by atoms with E-state index in [-0.39, 0.29) is 12.1 Å². The molecule has 174 valence electrons. The number of rotatable bonds is 12. The zero-order chi connectivity index (χ0) is 23.0. The maximum Gasteiger partial charge on any atom is 0.318 e. The van der Waals surface area contributed by atoms with Gasteiger partial charge in [-0.3, -0.25) is 4.79 Å². The summed E-state index contributed by atoms with van der Waals surface area (Å²) in [6.07, 6.45) is 5.27. The van der Waals surface area contributed by atoms with Gasteiger partial charge >= 0.3 is 5.97 Å². The molecular formula is C28H40NO3+. The average Bonchev–Trinajstić information content (AvgIpc) is 2.78. The standard InChI is InChI=1S/C28H40NO3/c1-5-13-22(21-29(18-6-2,19-7-3)20-8-4)31-28(30)27-23-14-9-11-16-25(23)32-26-17-12-10-15-24(26)27/h9-12,14-17,22,27H,5-8,13,18-21H2,1-4H3/q+1. The molecule has 0 radical (unpaired) electrons. The minimum Gasteiger partial charge on any atom is -0.457 e. The molecule has 4 nitrogen and oxygen atoms in total. The Morgan fingerprint density at radius 1 is 0.844 bits per heavy atom. The van der Waals surface area contributed by atoms with E-state index in [1.165, 1.54) is 0 Å². The van der Waals surface area contributed by atoms with Gasteiger partial charge in [0.05, 0.1) is 19.6 Å². The Morgan fingerprint density at radius 2 is 1.34 bits per heavy atom. The minimum atomic E-state index is -0.444. The van der Waals surface area contributed by atoms with E-state index in [4.69, 9.17) is 9.47 Å². The molecule has 1 unspecified atom stereocenters. The zero-order valence-electron chi connectivity index (χ0n) is 20.3. The first kappa shape index (κ1) is 24.3. The number of benzene rings is 2. The van der Waals surface area contributed by atoms with Crippen LogP contribution in [0.1, 0.15) is 76.8 Å².